The quantitative estimate of drug-likeness (QED) is 0.504. The number of halogens is 2. The summed E-state index contributed by atoms with van der Waals surface area (Å²) in [7, 11) is 0. The van der Waals surface area contributed by atoms with Crippen molar-refractivity contribution in [1.82, 2.24) is 0 Å². The number of fused-ring (bicyclic) bond motifs is 1. The van der Waals surface area contributed by atoms with Gasteiger partial charge in [-0.25, -0.2) is 0 Å². The van der Waals surface area contributed by atoms with Crippen LogP contribution in [-0.2, 0) is 0 Å². The Morgan fingerprint density at radius 1 is 1.21 bits per heavy atom. The molecule has 0 aromatic rings. The van der Waals surface area contributed by atoms with Crippen LogP contribution in [0, 0.1) is 29.6 Å². The van der Waals surface area contributed by atoms with Crippen molar-refractivity contribution in [3.63, 3.8) is 0 Å². The number of alkyl halides is 2. The van der Waals surface area contributed by atoms with E-state index in [9.17, 15) is 0 Å². The van der Waals surface area contributed by atoms with E-state index in [2.05, 4.69) is 37.9 Å². The van der Waals surface area contributed by atoms with E-state index in [4.69, 9.17) is 0 Å². The van der Waals surface area contributed by atoms with Gasteiger partial charge in [-0.2, -0.15) is 0 Å². The van der Waals surface area contributed by atoms with Gasteiger partial charge in [-0.3, -0.25) is 0 Å². The Hall–Kier alpha value is 0.700. The zero-order valence-electron chi connectivity index (χ0n) is 8.05. The van der Waals surface area contributed by atoms with E-state index in [-0.39, 0.29) is 3.23 Å². The molecule has 0 spiro atoms. The summed E-state index contributed by atoms with van der Waals surface area (Å²) in [6, 6.07) is 0. The number of allylic oxidation sites excluding steroid dienone is 2. The molecule has 0 amide bonds. The maximum atomic E-state index is 3.77. The normalized spacial score (nSPS) is 56.4. The van der Waals surface area contributed by atoms with Crippen molar-refractivity contribution in [2.24, 2.45) is 29.6 Å². The maximum absolute atomic E-state index is 3.77. The summed E-state index contributed by atoms with van der Waals surface area (Å²) < 4.78 is 0.285. The molecule has 0 saturated heterocycles. The molecule has 5 atom stereocenters. The summed E-state index contributed by atoms with van der Waals surface area (Å²) in [5.74, 6) is 4.93. The third-order valence-corrected chi connectivity index (χ3v) is 6.68. The van der Waals surface area contributed by atoms with E-state index in [1.54, 1.807) is 6.42 Å². The van der Waals surface area contributed by atoms with Crippen molar-refractivity contribution in [3.8, 4) is 0 Å². The van der Waals surface area contributed by atoms with Gasteiger partial charge in [0.1, 0.15) is 0 Å². The number of hydrogen-bond donors (Lipinski definition) is 0. The Kier molecular flexibility index (Phi) is 1.58. The van der Waals surface area contributed by atoms with Crippen molar-refractivity contribution in [1.29, 1.82) is 0 Å². The molecule has 0 nitrogen and oxygen atoms in total. The molecule has 5 unspecified atom stereocenters. The monoisotopic (exact) mass is 316 g/mol. The van der Waals surface area contributed by atoms with Crippen LogP contribution in [0.5, 0.6) is 0 Å². The third kappa shape index (κ3) is 1.000. The molecule has 0 radical (unpaired) electrons. The number of rotatable bonds is 1. The molecule has 76 valence electrons. The minimum atomic E-state index is 0.285. The van der Waals surface area contributed by atoms with Gasteiger partial charge in [0.15, 0.2) is 0 Å². The van der Waals surface area contributed by atoms with E-state index in [0.717, 1.165) is 29.6 Å². The highest BCUT2D eigenvalue weighted by Gasteiger charge is 2.59. The first-order valence-electron chi connectivity index (χ1n) is 5.74. The first-order chi connectivity index (χ1) is 6.65. The Morgan fingerprint density at radius 3 is 2.57 bits per heavy atom. The molecule has 2 bridgehead atoms. The molecule has 0 N–H and O–H groups in total. The maximum Gasteiger partial charge on any atom is 0.0877 e. The Morgan fingerprint density at radius 2 is 2.00 bits per heavy atom. The standard InChI is InChI=1S/C12H14Br2/c13-12(14)5-11(12)10-4-7-1-6-2-8(7)9(10)3-6/h4,6-9,11H,1-3,5H2. The van der Waals surface area contributed by atoms with E-state index in [1.165, 1.54) is 19.3 Å². The van der Waals surface area contributed by atoms with Crippen LogP contribution in [0.15, 0.2) is 11.6 Å². The second-order valence-electron chi connectivity index (χ2n) is 5.69. The summed E-state index contributed by atoms with van der Waals surface area (Å²) in [5, 5.41) is 0. The van der Waals surface area contributed by atoms with Gasteiger partial charge in [0.25, 0.3) is 0 Å². The fourth-order valence-electron chi connectivity index (χ4n) is 4.30. The van der Waals surface area contributed by atoms with E-state index in [0.29, 0.717) is 0 Å². The van der Waals surface area contributed by atoms with E-state index in [1.807, 2.05) is 5.57 Å². The van der Waals surface area contributed by atoms with Crippen LogP contribution in [0.4, 0.5) is 0 Å². The van der Waals surface area contributed by atoms with Crippen LogP contribution in [0.25, 0.3) is 0 Å². The molecular formula is C12H14Br2. The topological polar surface area (TPSA) is 0 Å². The molecule has 14 heavy (non-hydrogen) atoms. The summed E-state index contributed by atoms with van der Waals surface area (Å²) in [4.78, 5) is 0. The van der Waals surface area contributed by atoms with Gasteiger partial charge < -0.3 is 0 Å². The molecule has 0 aliphatic heterocycles. The molecule has 0 aromatic carbocycles. The second kappa shape index (κ2) is 2.51. The molecule has 0 aromatic heterocycles. The first-order valence-corrected chi connectivity index (χ1v) is 7.33. The fraction of sp³-hybridized carbons (Fsp3) is 0.833. The fourth-order valence-corrected chi connectivity index (χ4v) is 5.48. The Balaban J connectivity index is 1.68. The molecule has 4 aliphatic carbocycles. The highest BCUT2D eigenvalue weighted by atomic mass is 79.9. The van der Waals surface area contributed by atoms with Gasteiger partial charge in [-0.1, -0.05) is 43.5 Å². The zero-order chi connectivity index (χ0) is 9.50. The van der Waals surface area contributed by atoms with Crippen LogP contribution in [0.2, 0.25) is 0 Å². The first kappa shape index (κ1) is 8.81. The molecule has 2 heteroatoms. The van der Waals surface area contributed by atoms with Crippen molar-refractivity contribution in [3.05, 3.63) is 11.6 Å². The molecule has 0 heterocycles. The summed E-state index contributed by atoms with van der Waals surface area (Å²) in [6.07, 6.45) is 8.52. The minimum absolute atomic E-state index is 0.285. The summed E-state index contributed by atoms with van der Waals surface area (Å²) in [6.45, 7) is 0. The van der Waals surface area contributed by atoms with Gasteiger partial charge in [-0.05, 0) is 49.4 Å². The van der Waals surface area contributed by atoms with Gasteiger partial charge in [0.2, 0.25) is 0 Å². The molecule has 4 rings (SSSR count). The molecule has 3 fully saturated rings. The lowest BCUT2D eigenvalue weighted by Crippen LogP contribution is -2.13. The molecular weight excluding hydrogens is 304 g/mol. The second-order valence-corrected chi connectivity index (χ2v) is 9.59. The van der Waals surface area contributed by atoms with Crippen LogP contribution in [0.3, 0.4) is 0 Å². The average molecular weight is 318 g/mol. The Labute approximate surface area is 102 Å². The van der Waals surface area contributed by atoms with Crippen molar-refractivity contribution in [2.45, 2.75) is 28.9 Å². The third-order valence-electron chi connectivity index (χ3n) is 4.93. The Bertz CT molecular complexity index is 331. The summed E-state index contributed by atoms with van der Waals surface area (Å²) in [5.41, 5.74) is 1.81. The van der Waals surface area contributed by atoms with Crippen molar-refractivity contribution in [2.75, 3.05) is 0 Å². The van der Waals surface area contributed by atoms with Crippen LogP contribution >= 0.6 is 31.9 Å². The zero-order valence-corrected chi connectivity index (χ0v) is 11.2. The minimum Gasteiger partial charge on any atom is -0.0813 e. The smallest absolute Gasteiger partial charge is 0.0813 e. The van der Waals surface area contributed by atoms with E-state index >= 15 is 0 Å². The van der Waals surface area contributed by atoms with Gasteiger partial charge in [0.05, 0.1) is 3.23 Å². The highest BCUT2D eigenvalue weighted by Crippen LogP contribution is 2.68. The van der Waals surface area contributed by atoms with Crippen LogP contribution in [0.1, 0.15) is 25.7 Å². The predicted molar refractivity (Wildman–Crippen MR) is 64.6 cm³/mol. The SMILES string of the molecule is BrC1(Br)CC1C1=CC2CC3CC1C2C3. The van der Waals surface area contributed by atoms with Gasteiger partial charge >= 0.3 is 0 Å². The van der Waals surface area contributed by atoms with Crippen LogP contribution in [-0.4, -0.2) is 3.23 Å². The molecule has 3 saturated carbocycles. The number of hydrogen-bond acceptors (Lipinski definition) is 0. The van der Waals surface area contributed by atoms with Gasteiger partial charge in [-0.15, -0.1) is 0 Å². The van der Waals surface area contributed by atoms with E-state index < -0.39 is 0 Å². The summed E-state index contributed by atoms with van der Waals surface area (Å²) >= 11 is 7.54. The van der Waals surface area contributed by atoms with Gasteiger partial charge in [0, 0.05) is 5.92 Å². The lowest BCUT2D eigenvalue weighted by Gasteiger charge is -2.20. The highest BCUT2D eigenvalue weighted by molar-refractivity contribution is 9.25. The average Bonchev–Trinajstić information content (AvgIpc) is 2.51. The lowest BCUT2D eigenvalue weighted by molar-refractivity contribution is 0.343. The van der Waals surface area contributed by atoms with Crippen molar-refractivity contribution < 1.29 is 0 Å². The van der Waals surface area contributed by atoms with Crippen molar-refractivity contribution >= 4 is 31.9 Å². The predicted octanol–water partition coefficient (Wildman–Crippen LogP) is 4.09. The largest absolute Gasteiger partial charge is 0.0877 e. The lowest BCUT2D eigenvalue weighted by atomic mass is 9.84. The molecule has 4 aliphatic rings. The van der Waals surface area contributed by atoms with Crippen LogP contribution < -0.4 is 0 Å².